The Hall–Kier alpha value is -1.89. The number of carbonyl (C=O) groups is 1. The Morgan fingerprint density at radius 2 is 1.81 bits per heavy atom. The molecule has 1 amide bonds. The first-order chi connectivity index (χ1) is 15.6. The summed E-state index contributed by atoms with van der Waals surface area (Å²) in [6.45, 7) is 6.52. The first-order valence-electron chi connectivity index (χ1n) is 11.3. The third-order valence-electron chi connectivity index (χ3n) is 6.26. The molecule has 0 aliphatic carbocycles. The van der Waals surface area contributed by atoms with Gasteiger partial charge in [-0.1, -0.05) is 23.4 Å². The molecule has 0 bridgehead atoms. The van der Waals surface area contributed by atoms with Crippen LogP contribution in [0.25, 0.3) is 0 Å². The van der Waals surface area contributed by atoms with Gasteiger partial charge in [-0.05, 0) is 93.2 Å². The Morgan fingerprint density at radius 1 is 1.09 bits per heavy atom. The number of methoxy groups -OCH3 is 1. The lowest BCUT2D eigenvalue weighted by Gasteiger charge is -2.33. The molecule has 2 fully saturated rings. The first kappa shape index (κ1) is 23.3. The van der Waals surface area contributed by atoms with E-state index in [0.29, 0.717) is 17.8 Å². The molecule has 0 spiro atoms. The third-order valence-corrected chi connectivity index (χ3v) is 7.69. The molecule has 0 aromatic heterocycles. The number of benzene rings is 2. The van der Waals surface area contributed by atoms with Crippen molar-refractivity contribution in [2.75, 3.05) is 44.8 Å². The Bertz CT molecular complexity index is 916. The summed E-state index contributed by atoms with van der Waals surface area (Å²) < 4.78 is 10.9. The molecule has 2 heterocycles. The van der Waals surface area contributed by atoms with E-state index < -0.39 is 0 Å². The quantitative estimate of drug-likeness (QED) is 0.487. The maximum atomic E-state index is 12.6. The van der Waals surface area contributed by atoms with Crippen molar-refractivity contribution in [3.8, 4) is 11.5 Å². The minimum absolute atomic E-state index is 0.138. The summed E-state index contributed by atoms with van der Waals surface area (Å²) in [7, 11) is 1.65. The first-order valence-corrected chi connectivity index (χ1v) is 12.6. The zero-order valence-electron chi connectivity index (χ0n) is 18.8. The largest absolute Gasteiger partial charge is 0.497 e. The zero-order chi connectivity index (χ0) is 22.5. The fourth-order valence-electron chi connectivity index (χ4n) is 4.53. The molecule has 2 saturated heterocycles. The zero-order valence-corrected chi connectivity index (χ0v) is 20.3. The standard InChI is InChI=1S/C25H31ClN2O3S/c1-3-31-22-8-9-24(26)19(15-22)14-18-10-12-27(13-11-18)16-23-17-28(25(29)32-23)20-4-6-21(30-2)7-5-20/h4-9,15,18,23H,3,10-14,16-17H2,1-2H3. The van der Waals surface area contributed by atoms with Gasteiger partial charge in [-0.15, -0.1) is 0 Å². The molecule has 2 aromatic carbocycles. The highest BCUT2D eigenvalue weighted by atomic mass is 35.5. The Morgan fingerprint density at radius 3 is 2.50 bits per heavy atom. The van der Waals surface area contributed by atoms with Gasteiger partial charge in [0.25, 0.3) is 5.24 Å². The molecule has 2 aromatic rings. The number of hydrogen-bond donors (Lipinski definition) is 0. The minimum atomic E-state index is 0.138. The molecule has 1 atom stereocenters. The fourth-order valence-corrected chi connectivity index (χ4v) is 5.82. The number of ether oxygens (including phenoxy) is 2. The highest BCUT2D eigenvalue weighted by Crippen LogP contribution is 2.33. The van der Waals surface area contributed by atoms with Gasteiger partial charge in [0.05, 0.1) is 13.7 Å². The monoisotopic (exact) mass is 474 g/mol. The number of piperidine rings is 1. The van der Waals surface area contributed by atoms with E-state index in [-0.39, 0.29) is 5.24 Å². The maximum absolute atomic E-state index is 12.6. The van der Waals surface area contributed by atoms with Crippen molar-refractivity contribution in [1.82, 2.24) is 4.90 Å². The molecular formula is C25H31ClN2O3S. The van der Waals surface area contributed by atoms with Crippen molar-refractivity contribution >= 4 is 34.3 Å². The van der Waals surface area contributed by atoms with Crippen molar-refractivity contribution in [3.63, 3.8) is 0 Å². The average molecular weight is 475 g/mol. The van der Waals surface area contributed by atoms with Crippen molar-refractivity contribution in [2.45, 2.75) is 31.4 Å². The van der Waals surface area contributed by atoms with Crippen LogP contribution in [0.4, 0.5) is 10.5 Å². The van der Waals surface area contributed by atoms with Crippen molar-refractivity contribution in [2.24, 2.45) is 5.92 Å². The van der Waals surface area contributed by atoms with Crippen LogP contribution in [0.5, 0.6) is 11.5 Å². The van der Waals surface area contributed by atoms with Crippen LogP contribution in [-0.2, 0) is 6.42 Å². The van der Waals surface area contributed by atoms with E-state index in [1.165, 1.54) is 17.3 Å². The molecule has 0 radical (unpaired) electrons. The van der Waals surface area contributed by atoms with Crippen LogP contribution in [0.1, 0.15) is 25.3 Å². The van der Waals surface area contributed by atoms with E-state index in [0.717, 1.165) is 67.7 Å². The molecule has 0 N–H and O–H groups in total. The van der Waals surface area contributed by atoms with E-state index in [2.05, 4.69) is 11.0 Å². The lowest BCUT2D eigenvalue weighted by atomic mass is 9.90. The van der Waals surface area contributed by atoms with Crippen molar-refractivity contribution in [1.29, 1.82) is 0 Å². The predicted octanol–water partition coefficient (Wildman–Crippen LogP) is 5.74. The molecule has 4 rings (SSSR count). The van der Waals surface area contributed by atoms with Gasteiger partial charge >= 0.3 is 0 Å². The lowest BCUT2D eigenvalue weighted by molar-refractivity contribution is 0.185. The highest BCUT2D eigenvalue weighted by molar-refractivity contribution is 8.14. The number of carbonyl (C=O) groups excluding carboxylic acids is 1. The second-order valence-corrected chi connectivity index (χ2v) is 10.1. The number of nitrogens with zero attached hydrogens (tertiary/aromatic N) is 2. The smallest absolute Gasteiger partial charge is 0.286 e. The molecule has 7 heteroatoms. The number of halogens is 1. The molecule has 0 saturated carbocycles. The van der Waals surface area contributed by atoms with Gasteiger partial charge in [-0.25, -0.2) is 0 Å². The number of amides is 1. The van der Waals surface area contributed by atoms with Gasteiger partial charge in [0, 0.05) is 29.0 Å². The maximum Gasteiger partial charge on any atom is 0.286 e. The summed E-state index contributed by atoms with van der Waals surface area (Å²) in [5.41, 5.74) is 2.12. The van der Waals surface area contributed by atoms with Crippen LogP contribution in [0.15, 0.2) is 42.5 Å². The Kier molecular flexibility index (Phi) is 7.87. The lowest BCUT2D eigenvalue weighted by Crippen LogP contribution is -2.39. The summed E-state index contributed by atoms with van der Waals surface area (Å²) in [4.78, 5) is 17.0. The molecular weight excluding hydrogens is 444 g/mol. The minimum Gasteiger partial charge on any atom is -0.497 e. The van der Waals surface area contributed by atoms with Crippen molar-refractivity contribution < 1.29 is 14.3 Å². The second kappa shape index (κ2) is 10.8. The molecule has 5 nitrogen and oxygen atoms in total. The number of thioether (sulfide) groups is 1. The highest BCUT2D eigenvalue weighted by Gasteiger charge is 2.33. The van der Waals surface area contributed by atoms with Gasteiger partial charge in [-0.2, -0.15) is 0 Å². The molecule has 1 unspecified atom stereocenters. The van der Waals surface area contributed by atoms with Crippen molar-refractivity contribution in [3.05, 3.63) is 53.1 Å². The summed E-state index contributed by atoms with van der Waals surface area (Å²) in [5, 5.41) is 1.27. The van der Waals surface area contributed by atoms with E-state index in [1.807, 2.05) is 48.2 Å². The predicted molar refractivity (Wildman–Crippen MR) is 133 cm³/mol. The van der Waals surface area contributed by atoms with Gasteiger partial charge in [0.15, 0.2) is 0 Å². The Balaban J connectivity index is 1.26. The molecule has 32 heavy (non-hydrogen) atoms. The van der Waals surface area contributed by atoms with Crippen LogP contribution in [-0.4, -0.2) is 55.3 Å². The SMILES string of the molecule is CCOc1ccc(Cl)c(CC2CCN(CC3CN(c4ccc(OC)cc4)C(=O)S3)CC2)c1. The van der Waals surface area contributed by atoms with Gasteiger partial charge in [0.1, 0.15) is 11.5 Å². The topological polar surface area (TPSA) is 42.0 Å². The molecule has 172 valence electrons. The second-order valence-electron chi connectivity index (χ2n) is 8.45. The van der Waals surface area contributed by atoms with Crippen LogP contribution in [0.3, 0.4) is 0 Å². The van der Waals surface area contributed by atoms with Crippen LogP contribution in [0.2, 0.25) is 5.02 Å². The number of anilines is 1. The summed E-state index contributed by atoms with van der Waals surface area (Å²) in [6, 6.07) is 13.7. The summed E-state index contributed by atoms with van der Waals surface area (Å²) >= 11 is 7.91. The number of rotatable bonds is 8. The average Bonchev–Trinajstić information content (AvgIpc) is 3.17. The van der Waals surface area contributed by atoms with Gasteiger partial charge < -0.3 is 19.3 Å². The van der Waals surface area contributed by atoms with Crippen LogP contribution in [0, 0.1) is 5.92 Å². The van der Waals surface area contributed by atoms with Crippen LogP contribution >= 0.6 is 23.4 Å². The summed E-state index contributed by atoms with van der Waals surface area (Å²) in [6.07, 6.45) is 3.31. The molecule has 2 aliphatic heterocycles. The van der Waals surface area contributed by atoms with Crippen LogP contribution < -0.4 is 14.4 Å². The van der Waals surface area contributed by atoms with E-state index in [4.69, 9.17) is 21.1 Å². The summed E-state index contributed by atoms with van der Waals surface area (Å²) in [5.74, 6) is 2.33. The number of hydrogen-bond acceptors (Lipinski definition) is 5. The Labute approximate surface area is 200 Å². The van der Waals surface area contributed by atoms with Gasteiger partial charge in [0.2, 0.25) is 0 Å². The number of likely N-dealkylation sites (tertiary alicyclic amines) is 1. The van der Waals surface area contributed by atoms with E-state index >= 15 is 0 Å². The normalized spacial score (nSPS) is 20.0. The van der Waals surface area contributed by atoms with E-state index in [1.54, 1.807) is 7.11 Å². The fraction of sp³-hybridized carbons (Fsp3) is 0.480. The molecule has 2 aliphatic rings. The van der Waals surface area contributed by atoms with E-state index in [9.17, 15) is 4.79 Å². The third kappa shape index (κ3) is 5.72. The van der Waals surface area contributed by atoms with Gasteiger partial charge in [-0.3, -0.25) is 4.79 Å².